The largest absolute Gasteiger partial charge is 0.477 e. The van der Waals surface area contributed by atoms with Crippen LogP contribution in [0, 0.1) is 0 Å². The molecule has 0 spiro atoms. The highest BCUT2D eigenvalue weighted by Crippen LogP contribution is 2.20. The van der Waals surface area contributed by atoms with E-state index in [1.165, 1.54) is 0 Å². The molecule has 0 heterocycles. The average molecular weight is 348 g/mol. The Labute approximate surface area is 143 Å². The fraction of sp³-hybridized carbons (Fsp3) is 0.0588. The minimum atomic E-state index is -1.06. The molecule has 118 valence electrons. The minimum Gasteiger partial charge on any atom is -0.477 e. The van der Waals surface area contributed by atoms with Gasteiger partial charge in [0.2, 0.25) is 5.91 Å². The molecule has 0 aliphatic heterocycles. The lowest BCUT2D eigenvalue weighted by molar-refractivity contribution is -0.131. The molecule has 2 N–H and O–H groups in total. The van der Waals surface area contributed by atoms with Crippen molar-refractivity contribution >= 4 is 47.0 Å². The molecular formula is C17H14ClNO3S. The van der Waals surface area contributed by atoms with Crippen molar-refractivity contribution in [3.05, 3.63) is 70.1 Å². The van der Waals surface area contributed by atoms with Gasteiger partial charge in [0.25, 0.3) is 0 Å². The highest BCUT2D eigenvalue weighted by Gasteiger charge is 2.11. The van der Waals surface area contributed by atoms with Crippen molar-refractivity contribution in [2.45, 2.75) is 0 Å². The third kappa shape index (κ3) is 5.81. The van der Waals surface area contributed by atoms with Gasteiger partial charge in [0.05, 0.1) is 10.7 Å². The van der Waals surface area contributed by atoms with Gasteiger partial charge < -0.3 is 10.4 Å². The Balaban J connectivity index is 1.96. The second-order valence-corrected chi connectivity index (χ2v) is 6.02. The van der Waals surface area contributed by atoms with Crippen LogP contribution in [0.1, 0.15) is 5.56 Å². The highest BCUT2D eigenvalue weighted by atomic mass is 35.5. The van der Waals surface area contributed by atoms with E-state index in [1.807, 2.05) is 18.2 Å². The zero-order valence-electron chi connectivity index (χ0n) is 12.0. The normalized spacial score (nSPS) is 11.1. The van der Waals surface area contributed by atoms with Gasteiger partial charge in [0, 0.05) is 10.7 Å². The first-order valence-corrected chi connectivity index (χ1v) is 8.09. The zero-order valence-corrected chi connectivity index (χ0v) is 13.6. The molecule has 0 aromatic heterocycles. The predicted octanol–water partition coefficient (Wildman–Crippen LogP) is 4.14. The summed E-state index contributed by atoms with van der Waals surface area (Å²) in [5, 5.41) is 12.5. The van der Waals surface area contributed by atoms with Gasteiger partial charge in [-0.1, -0.05) is 41.9 Å². The molecule has 0 saturated carbocycles. The molecule has 2 aromatic carbocycles. The number of aliphatic carboxylic acids is 1. The van der Waals surface area contributed by atoms with Crippen LogP contribution in [-0.4, -0.2) is 22.7 Å². The van der Waals surface area contributed by atoms with Crippen LogP contribution in [0.15, 0.2) is 59.5 Å². The van der Waals surface area contributed by atoms with Gasteiger partial charge >= 0.3 is 5.97 Å². The summed E-state index contributed by atoms with van der Waals surface area (Å²) in [7, 11) is 0. The molecule has 0 bridgehead atoms. The van der Waals surface area contributed by atoms with E-state index in [-0.39, 0.29) is 16.6 Å². The fourth-order valence-corrected chi connectivity index (χ4v) is 2.57. The number of amides is 1. The molecule has 0 atom stereocenters. The summed E-state index contributed by atoms with van der Waals surface area (Å²) in [5.74, 6) is -1.33. The van der Waals surface area contributed by atoms with Gasteiger partial charge in [-0.2, -0.15) is 0 Å². The van der Waals surface area contributed by atoms with E-state index in [0.717, 1.165) is 17.3 Å². The molecule has 4 nitrogen and oxygen atoms in total. The van der Waals surface area contributed by atoms with Crippen molar-refractivity contribution in [2.75, 3.05) is 11.1 Å². The highest BCUT2D eigenvalue weighted by molar-refractivity contribution is 8.04. The van der Waals surface area contributed by atoms with Crippen LogP contribution in [0.5, 0.6) is 0 Å². The maximum atomic E-state index is 11.9. The van der Waals surface area contributed by atoms with Crippen LogP contribution >= 0.6 is 23.4 Å². The number of thioether (sulfide) groups is 1. The molecule has 0 aliphatic rings. The molecule has 0 radical (unpaired) electrons. The van der Waals surface area contributed by atoms with Crippen molar-refractivity contribution in [2.24, 2.45) is 0 Å². The van der Waals surface area contributed by atoms with Crippen molar-refractivity contribution in [3.63, 3.8) is 0 Å². The second-order valence-electron chi connectivity index (χ2n) is 4.57. The van der Waals surface area contributed by atoms with Crippen LogP contribution in [0.25, 0.3) is 6.08 Å². The Kier molecular flexibility index (Phi) is 6.26. The first-order valence-electron chi connectivity index (χ1n) is 6.73. The molecule has 0 aliphatic carbocycles. The summed E-state index contributed by atoms with van der Waals surface area (Å²) >= 11 is 6.75. The Morgan fingerprint density at radius 1 is 1.09 bits per heavy atom. The Morgan fingerprint density at radius 2 is 1.74 bits per heavy atom. The molecule has 0 fully saturated rings. The number of carbonyl (C=O) groups excluding carboxylic acids is 1. The molecule has 6 heteroatoms. The van der Waals surface area contributed by atoms with Gasteiger partial charge in [0.1, 0.15) is 0 Å². The molecular weight excluding hydrogens is 334 g/mol. The van der Waals surface area contributed by atoms with E-state index in [2.05, 4.69) is 5.32 Å². The SMILES string of the molecule is O=C(CS/C(=C/c1ccccc1)C(=O)O)Nc1ccc(Cl)cc1. The van der Waals surface area contributed by atoms with Gasteiger partial charge in [-0.05, 0) is 35.9 Å². The van der Waals surface area contributed by atoms with E-state index in [4.69, 9.17) is 11.6 Å². The van der Waals surface area contributed by atoms with Crippen LogP contribution in [-0.2, 0) is 9.59 Å². The number of nitrogens with one attached hydrogen (secondary N) is 1. The first-order chi connectivity index (χ1) is 11.0. The summed E-state index contributed by atoms with van der Waals surface area (Å²) in [6.07, 6.45) is 1.54. The summed E-state index contributed by atoms with van der Waals surface area (Å²) in [6, 6.07) is 15.8. The van der Waals surface area contributed by atoms with E-state index >= 15 is 0 Å². The van der Waals surface area contributed by atoms with Crippen LogP contribution in [0.3, 0.4) is 0 Å². The number of benzene rings is 2. The molecule has 2 aromatic rings. The third-order valence-corrected chi connectivity index (χ3v) is 4.06. The summed E-state index contributed by atoms with van der Waals surface area (Å²) in [4.78, 5) is 23.3. The lowest BCUT2D eigenvalue weighted by Crippen LogP contribution is -2.14. The van der Waals surface area contributed by atoms with Crippen molar-refractivity contribution in [3.8, 4) is 0 Å². The smallest absolute Gasteiger partial charge is 0.342 e. The van der Waals surface area contributed by atoms with Crippen LogP contribution < -0.4 is 5.32 Å². The summed E-state index contributed by atoms with van der Waals surface area (Å²) in [5.41, 5.74) is 1.39. The molecule has 0 saturated heterocycles. The van der Waals surface area contributed by atoms with E-state index < -0.39 is 5.97 Å². The number of carboxylic acids is 1. The van der Waals surface area contributed by atoms with Gasteiger partial charge in [-0.25, -0.2) is 4.79 Å². The average Bonchev–Trinajstić information content (AvgIpc) is 2.54. The minimum absolute atomic E-state index is 0.00753. The predicted molar refractivity (Wildman–Crippen MR) is 94.6 cm³/mol. The molecule has 23 heavy (non-hydrogen) atoms. The number of carboxylic acid groups (broad SMARTS) is 1. The first kappa shape index (κ1) is 17.1. The maximum Gasteiger partial charge on any atom is 0.342 e. The number of anilines is 1. The fourth-order valence-electron chi connectivity index (χ4n) is 1.74. The number of carbonyl (C=O) groups is 2. The lowest BCUT2D eigenvalue weighted by Gasteiger charge is -2.06. The topological polar surface area (TPSA) is 66.4 Å². The van der Waals surface area contributed by atoms with E-state index in [9.17, 15) is 14.7 Å². The van der Waals surface area contributed by atoms with E-state index in [1.54, 1.807) is 42.5 Å². The van der Waals surface area contributed by atoms with Crippen molar-refractivity contribution in [1.82, 2.24) is 0 Å². The van der Waals surface area contributed by atoms with E-state index in [0.29, 0.717) is 10.7 Å². The maximum absolute atomic E-state index is 11.9. The zero-order chi connectivity index (χ0) is 16.7. The Bertz CT molecular complexity index is 714. The van der Waals surface area contributed by atoms with Crippen molar-refractivity contribution in [1.29, 1.82) is 0 Å². The quantitative estimate of drug-likeness (QED) is 0.771. The van der Waals surface area contributed by atoms with Crippen LogP contribution in [0.2, 0.25) is 5.02 Å². The Hall–Kier alpha value is -2.24. The summed E-state index contributed by atoms with van der Waals surface area (Å²) < 4.78 is 0. The second kappa shape index (κ2) is 8.41. The third-order valence-electron chi connectivity index (χ3n) is 2.79. The monoisotopic (exact) mass is 347 g/mol. The summed E-state index contributed by atoms with van der Waals surface area (Å²) in [6.45, 7) is 0. The van der Waals surface area contributed by atoms with Crippen LogP contribution in [0.4, 0.5) is 5.69 Å². The standard InChI is InChI=1S/C17H14ClNO3S/c18-13-6-8-14(9-7-13)19-16(20)11-23-15(17(21)22)10-12-4-2-1-3-5-12/h1-10H,11H2,(H,19,20)(H,21,22)/b15-10+. The number of halogens is 1. The molecule has 0 unspecified atom stereocenters. The van der Waals surface area contributed by atoms with Gasteiger partial charge in [0.15, 0.2) is 0 Å². The molecule has 2 rings (SSSR count). The number of hydrogen-bond acceptors (Lipinski definition) is 3. The Morgan fingerprint density at radius 3 is 2.35 bits per heavy atom. The molecule has 1 amide bonds. The van der Waals surface area contributed by atoms with Gasteiger partial charge in [-0.3, -0.25) is 4.79 Å². The number of hydrogen-bond donors (Lipinski definition) is 2. The van der Waals surface area contributed by atoms with Gasteiger partial charge in [-0.15, -0.1) is 11.8 Å². The lowest BCUT2D eigenvalue weighted by atomic mass is 10.2. The number of rotatable bonds is 6. The van der Waals surface area contributed by atoms with Crippen molar-refractivity contribution < 1.29 is 14.7 Å².